The number of pyridine rings is 1. The average Bonchev–Trinajstić information content (AvgIpc) is 3.01. The summed E-state index contributed by atoms with van der Waals surface area (Å²) in [4.78, 5) is 31.3. The average molecular weight is 303 g/mol. The highest BCUT2D eigenvalue weighted by molar-refractivity contribution is 5.93. The maximum Gasteiger partial charge on any atom is 0.288 e. The molecule has 2 aromatic rings. The van der Waals surface area contributed by atoms with Crippen molar-refractivity contribution in [3.8, 4) is 0 Å². The van der Waals surface area contributed by atoms with E-state index in [2.05, 4.69) is 26.0 Å². The molecule has 8 heteroatoms. The predicted molar refractivity (Wildman–Crippen MR) is 76.5 cm³/mol. The Morgan fingerprint density at radius 3 is 2.82 bits per heavy atom. The number of carbonyl (C=O) groups is 2. The Balaban J connectivity index is 1.66. The SMILES string of the molecule is CCc1noc(CCCC(=O)NNC(=O)c2ccccn2)n1. The normalized spacial score (nSPS) is 10.2. The minimum atomic E-state index is -0.460. The van der Waals surface area contributed by atoms with Gasteiger partial charge in [0.1, 0.15) is 5.69 Å². The van der Waals surface area contributed by atoms with E-state index in [1.807, 2.05) is 6.92 Å². The second-order valence-electron chi connectivity index (χ2n) is 4.53. The molecule has 2 rings (SSSR count). The van der Waals surface area contributed by atoms with E-state index in [1.54, 1.807) is 18.2 Å². The molecule has 0 radical (unpaired) electrons. The maximum absolute atomic E-state index is 11.7. The van der Waals surface area contributed by atoms with Crippen molar-refractivity contribution < 1.29 is 14.1 Å². The summed E-state index contributed by atoms with van der Waals surface area (Å²) in [6.07, 6.45) is 3.53. The van der Waals surface area contributed by atoms with Gasteiger partial charge < -0.3 is 4.52 Å². The first-order chi connectivity index (χ1) is 10.7. The molecule has 2 heterocycles. The molecular weight excluding hydrogens is 286 g/mol. The lowest BCUT2D eigenvalue weighted by Gasteiger charge is -2.06. The van der Waals surface area contributed by atoms with E-state index in [0.29, 0.717) is 31.0 Å². The Morgan fingerprint density at radius 1 is 1.27 bits per heavy atom. The van der Waals surface area contributed by atoms with E-state index < -0.39 is 5.91 Å². The van der Waals surface area contributed by atoms with Crippen molar-refractivity contribution in [3.63, 3.8) is 0 Å². The molecule has 2 amide bonds. The van der Waals surface area contributed by atoms with Crippen molar-refractivity contribution in [2.75, 3.05) is 0 Å². The van der Waals surface area contributed by atoms with E-state index >= 15 is 0 Å². The lowest BCUT2D eigenvalue weighted by atomic mass is 10.2. The summed E-state index contributed by atoms with van der Waals surface area (Å²) in [6, 6.07) is 4.96. The molecular formula is C14H17N5O3. The van der Waals surface area contributed by atoms with Gasteiger partial charge in [-0.1, -0.05) is 18.1 Å². The lowest BCUT2D eigenvalue weighted by Crippen LogP contribution is -2.41. The van der Waals surface area contributed by atoms with Crippen LogP contribution in [0, 0.1) is 0 Å². The van der Waals surface area contributed by atoms with Crippen LogP contribution < -0.4 is 10.9 Å². The third-order valence-corrected chi connectivity index (χ3v) is 2.83. The summed E-state index contributed by atoms with van der Waals surface area (Å²) in [6.45, 7) is 1.94. The molecule has 0 aromatic carbocycles. The fraction of sp³-hybridized carbons (Fsp3) is 0.357. The predicted octanol–water partition coefficient (Wildman–Crippen LogP) is 0.811. The zero-order valence-corrected chi connectivity index (χ0v) is 12.2. The van der Waals surface area contributed by atoms with Gasteiger partial charge in [-0.3, -0.25) is 25.4 Å². The van der Waals surface area contributed by atoms with E-state index in [4.69, 9.17) is 4.52 Å². The zero-order valence-electron chi connectivity index (χ0n) is 12.2. The van der Waals surface area contributed by atoms with Gasteiger partial charge in [0.25, 0.3) is 5.91 Å². The van der Waals surface area contributed by atoms with Crippen LogP contribution in [0.3, 0.4) is 0 Å². The number of nitrogens with zero attached hydrogens (tertiary/aromatic N) is 3. The molecule has 2 N–H and O–H groups in total. The third kappa shape index (κ3) is 4.65. The Labute approximate surface area is 127 Å². The smallest absolute Gasteiger partial charge is 0.288 e. The Morgan fingerprint density at radius 2 is 2.14 bits per heavy atom. The number of carbonyl (C=O) groups excluding carboxylic acids is 2. The minimum absolute atomic E-state index is 0.237. The van der Waals surface area contributed by atoms with E-state index in [0.717, 1.165) is 0 Å². The number of hydrogen-bond acceptors (Lipinski definition) is 6. The van der Waals surface area contributed by atoms with Gasteiger partial charge in [-0.15, -0.1) is 0 Å². The van der Waals surface area contributed by atoms with E-state index in [9.17, 15) is 9.59 Å². The van der Waals surface area contributed by atoms with E-state index in [1.165, 1.54) is 6.20 Å². The van der Waals surface area contributed by atoms with Crippen molar-refractivity contribution in [2.45, 2.75) is 32.6 Å². The number of rotatable bonds is 6. The van der Waals surface area contributed by atoms with Crippen molar-refractivity contribution in [1.82, 2.24) is 26.0 Å². The molecule has 2 aromatic heterocycles. The molecule has 0 unspecified atom stereocenters. The maximum atomic E-state index is 11.7. The zero-order chi connectivity index (χ0) is 15.8. The lowest BCUT2D eigenvalue weighted by molar-refractivity contribution is -0.121. The number of aromatic nitrogens is 3. The molecule has 0 atom stereocenters. The summed E-state index contributed by atoms with van der Waals surface area (Å²) in [5.74, 6) is 0.419. The van der Waals surface area contributed by atoms with Crippen molar-refractivity contribution >= 4 is 11.8 Å². The molecule has 0 aliphatic heterocycles. The minimum Gasteiger partial charge on any atom is -0.339 e. The van der Waals surface area contributed by atoms with Crippen LogP contribution in [0.2, 0.25) is 0 Å². The fourth-order valence-electron chi connectivity index (χ4n) is 1.69. The highest BCUT2D eigenvalue weighted by Gasteiger charge is 2.09. The fourth-order valence-corrected chi connectivity index (χ4v) is 1.69. The van der Waals surface area contributed by atoms with Gasteiger partial charge in [0.05, 0.1) is 0 Å². The Hall–Kier alpha value is -2.77. The van der Waals surface area contributed by atoms with Crippen LogP contribution in [0.4, 0.5) is 0 Å². The van der Waals surface area contributed by atoms with Gasteiger partial charge in [-0.2, -0.15) is 4.98 Å². The number of nitrogens with one attached hydrogen (secondary N) is 2. The van der Waals surface area contributed by atoms with Crippen molar-refractivity contribution in [2.24, 2.45) is 0 Å². The first-order valence-electron chi connectivity index (χ1n) is 7.00. The molecule has 0 bridgehead atoms. The van der Waals surface area contributed by atoms with Crippen molar-refractivity contribution in [1.29, 1.82) is 0 Å². The molecule has 0 spiro atoms. The van der Waals surface area contributed by atoms with Gasteiger partial charge in [0.15, 0.2) is 5.82 Å². The van der Waals surface area contributed by atoms with Crippen LogP contribution in [0.5, 0.6) is 0 Å². The number of hydrogen-bond donors (Lipinski definition) is 2. The molecule has 116 valence electrons. The van der Waals surface area contributed by atoms with Crippen LogP contribution in [-0.2, 0) is 17.6 Å². The van der Waals surface area contributed by atoms with Crippen LogP contribution in [-0.4, -0.2) is 26.9 Å². The quantitative estimate of drug-likeness (QED) is 0.764. The van der Waals surface area contributed by atoms with Gasteiger partial charge in [-0.05, 0) is 18.6 Å². The topological polar surface area (TPSA) is 110 Å². The first-order valence-corrected chi connectivity index (χ1v) is 7.00. The second-order valence-corrected chi connectivity index (χ2v) is 4.53. The van der Waals surface area contributed by atoms with E-state index in [-0.39, 0.29) is 18.0 Å². The highest BCUT2D eigenvalue weighted by Crippen LogP contribution is 2.03. The molecule has 0 saturated carbocycles. The second kappa shape index (κ2) is 7.87. The van der Waals surface area contributed by atoms with Gasteiger partial charge in [-0.25, -0.2) is 0 Å². The monoisotopic (exact) mass is 303 g/mol. The van der Waals surface area contributed by atoms with Crippen LogP contribution >= 0.6 is 0 Å². The molecule has 22 heavy (non-hydrogen) atoms. The summed E-state index contributed by atoms with van der Waals surface area (Å²) >= 11 is 0. The first kappa shape index (κ1) is 15.6. The van der Waals surface area contributed by atoms with Crippen molar-refractivity contribution in [3.05, 3.63) is 41.8 Å². The Kier molecular flexibility index (Phi) is 5.58. The summed E-state index contributed by atoms with van der Waals surface area (Å²) in [5, 5.41) is 3.77. The van der Waals surface area contributed by atoms with Crippen LogP contribution in [0.1, 0.15) is 42.0 Å². The third-order valence-electron chi connectivity index (χ3n) is 2.83. The molecule has 0 aliphatic carbocycles. The molecule has 0 saturated heterocycles. The van der Waals surface area contributed by atoms with Gasteiger partial charge >= 0.3 is 0 Å². The standard InChI is InChI=1S/C14H17N5O3/c1-2-11-16-13(22-19-11)8-5-7-12(20)17-18-14(21)10-6-3-4-9-15-10/h3-4,6,9H,2,5,7-8H2,1H3,(H,17,20)(H,18,21). The Bertz CT molecular complexity index is 626. The van der Waals surface area contributed by atoms with Crippen LogP contribution in [0.25, 0.3) is 0 Å². The molecule has 0 aliphatic rings. The largest absolute Gasteiger partial charge is 0.339 e. The molecule has 0 fully saturated rings. The van der Waals surface area contributed by atoms with Gasteiger partial charge in [0, 0.05) is 25.5 Å². The van der Waals surface area contributed by atoms with Crippen LogP contribution in [0.15, 0.2) is 28.9 Å². The summed E-state index contributed by atoms with van der Waals surface area (Å²) < 4.78 is 5.02. The number of amides is 2. The summed E-state index contributed by atoms with van der Waals surface area (Å²) in [7, 11) is 0. The number of hydrazine groups is 1. The number of aryl methyl sites for hydroxylation is 2. The highest BCUT2D eigenvalue weighted by atomic mass is 16.5. The van der Waals surface area contributed by atoms with Gasteiger partial charge in [0.2, 0.25) is 11.8 Å². The summed E-state index contributed by atoms with van der Waals surface area (Å²) in [5.41, 5.74) is 4.88. The molecule has 8 nitrogen and oxygen atoms in total.